The SMILES string of the molecule is CCOC(=O)c1c(C)n(-c2ccc(OC)cc2)c2cc(Br)c(O)c(CN3CCCC3)c12.Cl. The second-order valence-corrected chi connectivity index (χ2v) is 8.63. The maximum Gasteiger partial charge on any atom is 0.340 e. The Labute approximate surface area is 202 Å². The normalized spacial score (nSPS) is 13.9. The molecule has 6 nitrogen and oxygen atoms in total. The highest BCUT2D eigenvalue weighted by Crippen LogP contribution is 2.41. The molecular formula is C24H28BrClN2O4. The molecule has 0 radical (unpaired) electrons. The zero-order valence-electron chi connectivity index (χ0n) is 18.5. The molecule has 172 valence electrons. The van der Waals surface area contributed by atoms with Crippen LogP contribution in [0.3, 0.4) is 0 Å². The first kappa shape index (κ1) is 24.4. The molecule has 4 rings (SSSR count). The molecule has 1 aliphatic rings. The van der Waals surface area contributed by atoms with Crippen molar-refractivity contribution in [1.82, 2.24) is 9.47 Å². The summed E-state index contributed by atoms with van der Waals surface area (Å²) in [4.78, 5) is 15.4. The monoisotopic (exact) mass is 522 g/mol. The average Bonchev–Trinajstić information content (AvgIpc) is 3.37. The molecule has 2 aromatic carbocycles. The van der Waals surface area contributed by atoms with Crippen LogP contribution in [0.4, 0.5) is 0 Å². The van der Waals surface area contributed by atoms with Gasteiger partial charge in [0.05, 0.1) is 29.3 Å². The second-order valence-electron chi connectivity index (χ2n) is 7.78. The first-order chi connectivity index (χ1) is 15.0. The van der Waals surface area contributed by atoms with Gasteiger partial charge in [-0.1, -0.05) is 0 Å². The first-order valence-corrected chi connectivity index (χ1v) is 11.3. The van der Waals surface area contributed by atoms with Crippen LogP contribution in [0.25, 0.3) is 16.6 Å². The molecule has 0 spiro atoms. The van der Waals surface area contributed by atoms with Gasteiger partial charge in [-0.25, -0.2) is 4.79 Å². The number of aromatic nitrogens is 1. The van der Waals surface area contributed by atoms with Gasteiger partial charge in [-0.3, -0.25) is 4.90 Å². The molecule has 0 amide bonds. The number of methoxy groups -OCH3 is 1. The summed E-state index contributed by atoms with van der Waals surface area (Å²) in [5.74, 6) is 0.565. The van der Waals surface area contributed by atoms with Gasteiger partial charge in [-0.2, -0.15) is 0 Å². The first-order valence-electron chi connectivity index (χ1n) is 10.6. The largest absolute Gasteiger partial charge is 0.506 e. The molecule has 1 N–H and O–H groups in total. The minimum Gasteiger partial charge on any atom is -0.506 e. The Morgan fingerprint density at radius 2 is 1.84 bits per heavy atom. The molecule has 8 heteroatoms. The van der Waals surface area contributed by atoms with Gasteiger partial charge in [0.2, 0.25) is 0 Å². The lowest BCUT2D eigenvalue weighted by Crippen LogP contribution is -2.19. The molecule has 1 aliphatic heterocycles. The van der Waals surface area contributed by atoms with Gasteiger partial charge >= 0.3 is 5.97 Å². The number of phenols is 1. The van der Waals surface area contributed by atoms with E-state index in [2.05, 4.69) is 20.8 Å². The van der Waals surface area contributed by atoms with Gasteiger partial charge < -0.3 is 19.1 Å². The van der Waals surface area contributed by atoms with E-state index in [1.54, 1.807) is 14.0 Å². The molecule has 0 atom stereocenters. The van der Waals surface area contributed by atoms with E-state index in [9.17, 15) is 9.90 Å². The van der Waals surface area contributed by atoms with Crippen LogP contribution in [-0.4, -0.2) is 47.3 Å². The Hall–Kier alpha value is -2.22. The molecule has 3 aromatic rings. The summed E-state index contributed by atoms with van der Waals surface area (Å²) >= 11 is 3.53. The molecule has 0 bridgehead atoms. The third kappa shape index (κ3) is 4.34. The maximum absolute atomic E-state index is 13.0. The predicted octanol–water partition coefficient (Wildman–Crippen LogP) is 5.61. The Balaban J connectivity index is 0.00000289. The van der Waals surface area contributed by atoms with Gasteiger partial charge in [0.1, 0.15) is 11.5 Å². The van der Waals surface area contributed by atoms with Crippen LogP contribution in [0.15, 0.2) is 34.8 Å². The van der Waals surface area contributed by atoms with Crippen LogP contribution in [-0.2, 0) is 11.3 Å². The van der Waals surface area contributed by atoms with Crippen LogP contribution in [0.2, 0.25) is 0 Å². The molecule has 1 fully saturated rings. The third-order valence-electron chi connectivity index (χ3n) is 5.91. The zero-order chi connectivity index (χ0) is 22.1. The number of hydrogen-bond acceptors (Lipinski definition) is 5. The number of aromatic hydroxyl groups is 1. The molecule has 32 heavy (non-hydrogen) atoms. The average molecular weight is 524 g/mol. The fourth-order valence-electron chi connectivity index (χ4n) is 4.44. The van der Waals surface area contributed by atoms with Crippen molar-refractivity contribution < 1.29 is 19.4 Å². The van der Waals surface area contributed by atoms with Crippen LogP contribution < -0.4 is 4.74 Å². The third-order valence-corrected chi connectivity index (χ3v) is 6.52. The van der Waals surface area contributed by atoms with Crippen molar-refractivity contribution in [3.63, 3.8) is 0 Å². The van der Waals surface area contributed by atoms with Crippen molar-refractivity contribution in [2.75, 3.05) is 26.8 Å². The Morgan fingerprint density at radius 3 is 2.44 bits per heavy atom. The summed E-state index contributed by atoms with van der Waals surface area (Å²) in [5, 5.41) is 11.7. The van der Waals surface area contributed by atoms with E-state index >= 15 is 0 Å². The van der Waals surface area contributed by atoms with E-state index < -0.39 is 0 Å². The van der Waals surface area contributed by atoms with Crippen molar-refractivity contribution in [2.45, 2.75) is 33.2 Å². The summed E-state index contributed by atoms with van der Waals surface area (Å²) < 4.78 is 13.4. The number of rotatable bonds is 6. The number of esters is 1. The summed E-state index contributed by atoms with van der Waals surface area (Å²) in [6, 6.07) is 9.58. The van der Waals surface area contributed by atoms with E-state index in [0.29, 0.717) is 16.6 Å². The number of ether oxygens (including phenoxy) is 2. The lowest BCUT2D eigenvalue weighted by molar-refractivity contribution is 0.0527. The Morgan fingerprint density at radius 1 is 1.19 bits per heavy atom. The molecular weight excluding hydrogens is 496 g/mol. The summed E-state index contributed by atoms with van der Waals surface area (Å²) in [6.45, 7) is 6.56. The van der Waals surface area contributed by atoms with Gasteiger partial charge in [0, 0.05) is 28.9 Å². The van der Waals surface area contributed by atoms with Gasteiger partial charge in [0.25, 0.3) is 0 Å². The lowest BCUT2D eigenvalue weighted by atomic mass is 10.0. The Kier molecular flexibility index (Phi) is 7.75. The fourth-order valence-corrected chi connectivity index (χ4v) is 4.90. The van der Waals surface area contributed by atoms with Crippen molar-refractivity contribution in [1.29, 1.82) is 0 Å². The topological polar surface area (TPSA) is 63.9 Å². The van der Waals surface area contributed by atoms with Crippen LogP contribution in [0.5, 0.6) is 11.5 Å². The molecule has 0 aliphatic carbocycles. The molecule has 0 unspecified atom stereocenters. The number of likely N-dealkylation sites (tertiary alicyclic amines) is 1. The van der Waals surface area contributed by atoms with Gasteiger partial charge in [-0.15, -0.1) is 12.4 Å². The summed E-state index contributed by atoms with van der Waals surface area (Å²) in [5.41, 5.74) is 3.79. The number of benzene rings is 2. The molecule has 0 saturated carbocycles. The molecule has 2 heterocycles. The standard InChI is InChI=1S/C24H27BrN2O4.ClH/c1-4-31-24(29)21-15(2)27(16-7-9-17(30-3)10-8-16)20-13-19(25)23(28)18(22(20)21)14-26-11-5-6-12-26;/h7-10,13,28H,4-6,11-12,14H2,1-3H3;1H. The zero-order valence-corrected chi connectivity index (χ0v) is 20.9. The van der Waals surface area contributed by atoms with Crippen molar-refractivity contribution in [2.24, 2.45) is 0 Å². The van der Waals surface area contributed by atoms with Gasteiger partial charge in [-0.05, 0) is 86.0 Å². The maximum atomic E-state index is 13.0. The minimum atomic E-state index is -0.373. The number of hydrogen-bond donors (Lipinski definition) is 1. The lowest BCUT2D eigenvalue weighted by Gasteiger charge is -2.18. The highest BCUT2D eigenvalue weighted by Gasteiger charge is 2.28. The number of halogens is 2. The molecule has 1 aromatic heterocycles. The second kappa shape index (κ2) is 10.1. The molecule has 1 saturated heterocycles. The van der Waals surface area contributed by atoms with Crippen molar-refractivity contribution in [3.05, 3.63) is 51.6 Å². The van der Waals surface area contributed by atoms with E-state index in [1.807, 2.05) is 41.8 Å². The number of nitrogens with zero attached hydrogens (tertiary/aromatic N) is 2. The number of fused-ring (bicyclic) bond motifs is 1. The van der Waals surface area contributed by atoms with E-state index in [-0.39, 0.29) is 30.7 Å². The summed E-state index contributed by atoms with van der Waals surface area (Å²) in [7, 11) is 1.63. The smallest absolute Gasteiger partial charge is 0.340 e. The van der Waals surface area contributed by atoms with Crippen LogP contribution >= 0.6 is 28.3 Å². The van der Waals surface area contributed by atoms with Crippen LogP contribution in [0.1, 0.15) is 41.4 Å². The highest BCUT2D eigenvalue weighted by molar-refractivity contribution is 9.10. The number of carbonyl (C=O) groups is 1. The predicted molar refractivity (Wildman–Crippen MR) is 132 cm³/mol. The van der Waals surface area contributed by atoms with Gasteiger partial charge in [0.15, 0.2) is 0 Å². The quantitative estimate of drug-likeness (QED) is 0.426. The Bertz CT molecular complexity index is 1120. The fraction of sp³-hybridized carbons (Fsp3) is 0.375. The minimum absolute atomic E-state index is 0. The van der Waals surface area contributed by atoms with E-state index in [4.69, 9.17) is 9.47 Å². The number of phenolic OH excluding ortho intramolecular Hbond substituents is 1. The van der Waals surface area contributed by atoms with Crippen molar-refractivity contribution >= 4 is 45.2 Å². The van der Waals surface area contributed by atoms with Crippen molar-refractivity contribution in [3.8, 4) is 17.2 Å². The van der Waals surface area contributed by atoms with Crippen LogP contribution in [0, 0.1) is 6.92 Å². The number of carbonyl (C=O) groups excluding carboxylic acids is 1. The summed E-state index contributed by atoms with van der Waals surface area (Å²) in [6.07, 6.45) is 2.29. The van der Waals surface area contributed by atoms with E-state index in [1.165, 1.54) is 0 Å². The highest BCUT2D eigenvalue weighted by atomic mass is 79.9. The van der Waals surface area contributed by atoms with E-state index in [0.717, 1.165) is 59.5 Å².